The van der Waals surface area contributed by atoms with Gasteiger partial charge in [-0.1, -0.05) is 13.3 Å². The minimum atomic E-state index is -0.0477. The third-order valence-corrected chi connectivity index (χ3v) is 3.17. The zero-order chi connectivity index (χ0) is 13.2. The highest BCUT2D eigenvalue weighted by atomic mass is 16.5. The Morgan fingerprint density at radius 2 is 2.28 bits per heavy atom. The maximum atomic E-state index is 11.9. The summed E-state index contributed by atoms with van der Waals surface area (Å²) in [4.78, 5) is 14.1. The maximum Gasteiger partial charge on any atom is 0.238 e. The average molecular weight is 257 g/mol. The van der Waals surface area contributed by atoms with E-state index < -0.39 is 0 Å². The topological polar surface area (TPSA) is 53.6 Å². The SMILES string of the molecule is CCCCOCCN1CCNCC1C(=O)NCC. The molecule has 1 heterocycles. The molecule has 0 aliphatic carbocycles. The third kappa shape index (κ3) is 5.33. The first kappa shape index (κ1) is 15.4. The van der Waals surface area contributed by atoms with Crippen LogP contribution in [0.2, 0.25) is 0 Å². The van der Waals surface area contributed by atoms with Gasteiger partial charge < -0.3 is 15.4 Å². The fourth-order valence-corrected chi connectivity index (χ4v) is 2.09. The number of nitrogens with zero attached hydrogens (tertiary/aromatic N) is 1. The molecule has 1 atom stereocenters. The van der Waals surface area contributed by atoms with Gasteiger partial charge in [0.15, 0.2) is 0 Å². The lowest BCUT2D eigenvalue weighted by atomic mass is 10.2. The number of amides is 1. The van der Waals surface area contributed by atoms with Crippen LogP contribution in [0.15, 0.2) is 0 Å². The summed E-state index contributed by atoms with van der Waals surface area (Å²) in [6.07, 6.45) is 2.27. The summed E-state index contributed by atoms with van der Waals surface area (Å²) in [5.74, 6) is 0.123. The Balaban J connectivity index is 2.28. The lowest BCUT2D eigenvalue weighted by Gasteiger charge is -2.34. The van der Waals surface area contributed by atoms with Crippen molar-refractivity contribution in [3.05, 3.63) is 0 Å². The van der Waals surface area contributed by atoms with Gasteiger partial charge in [-0.3, -0.25) is 9.69 Å². The molecule has 0 aromatic rings. The molecule has 0 aromatic carbocycles. The van der Waals surface area contributed by atoms with Crippen LogP contribution >= 0.6 is 0 Å². The number of ether oxygens (including phenoxy) is 1. The molecule has 1 saturated heterocycles. The van der Waals surface area contributed by atoms with Crippen LogP contribution in [-0.2, 0) is 9.53 Å². The molecule has 0 aromatic heterocycles. The van der Waals surface area contributed by atoms with E-state index in [1.54, 1.807) is 0 Å². The Bertz CT molecular complexity index is 236. The second-order valence-corrected chi connectivity index (χ2v) is 4.62. The summed E-state index contributed by atoms with van der Waals surface area (Å²) >= 11 is 0. The molecule has 18 heavy (non-hydrogen) atoms. The molecule has 0 spiro atoms. The molecule has 1 fully saturated rings. The number of hydrogen-bond acceptors (Lipinski definition) is 4. The fraction of sp³-hybridized carbons (Fsp3) is 0.923. The van der Waals surface area contributed by atoms with Crippen molar-refractivity contribution in [1.82, 2.24) is 15.5 Å². The Morgan fingerprint density at radius 1 is 1.44 bits per heavy atom. The molecule has 0 saturated carbocycles. The summed E-state index contributed by atoms with van der Waals surface area (Å²) in [5, 5.41) is 6.17. The summed E-state index contributed by atoms with van der Waals surface area (Å²) in [7, 11) is 0. The Kier molecular flexibility index (Phi) is 7.96. The van der Waals surface area contributed by atoms with Gasteiger partial charge in [0.2, 0.25) is 5.91 Å². The molecule has 1 amide bonds. The molecule has 1 aliphatic rings. The zero-order valence-electron chi connectivity index (χ0n) is 11.7. The van der Waals surface area contributed by atoms with E-state index in [0.29, 0.717) is 6.54 Å². The summed E-state index contributed by atoms with van der Waals surface area (Å²) in [6, 6.07) is -0.0477. The lowest BCUT2D eigenvalue weighted by Crippen LogP contribution is -2.58. The number of unbranched alkanes of at least 4 members (excludes halogenated alkanes) is 1. The molecule has 1 rings (SSSR count). The van der Waals surface area contributed by atoms with E-state index in [9.17, 15) is 4.79 Å². The van der Waals surface area contributed by atoms with Crippen molar-refractivity contribution in [3.63, 3.8) is 0 Å². The van der Waals surface area contributed by atoms with Crippen molar-refractivity contribution in [2.24, 2.45) is 0 Å². The van der Waals surface area contributed by atoms with E-state index in [2.05, 4.69) is 22.5 Å². The van der Waals surface area contributed by atoms with E-state index in [-0.39, 0.29) is 11.9 Å². The second-order valence-electron chi connectivity index (χ2n) is 4.62. The molecule has 1 unspecified atom stereocenters. The summed E-state index contributed by atoms with van der Waals surface area (Å²) < 4.78 is 5.57. The first-order valence-corrected chi connectivity index (χ1v) is 7.09. The molecule has 0 radical (unpaired) electrons. The van der Waals surface area contributed by atoms with E-state index in [4.69, 9.17) is 4.74 Å². The van der Waals surface area contributed by atoms with Crippen LogP contribution in [0.5, 0.6) is 0 Å². The Hall–Kier alpha value is -0.650. The predicted molar refractivity (Wildman–Crippen MR) is 72.6 cm³/mol. The van der Waals surface area contributed by atoms with Crippen LogP contribution in [-0.4, -0.2) is 62.8 Å². The highest BCUT2D eigenvalue weighted by molar-refractivity contribution is 5.82. The Morgan fingerprint density at radius 3 is 3.00 bits per heavy atom. The molecule has 106 valence electrons. The highest BCUT2D eigenvalue weighted by Gasteiger charge is 2.27. The number of carbonyl (C=O) groups excluding carboxylic acids is 1. The van der Waals surface area contributed by atoms with Crippen molar-refractivity contribution in [2.75, 3.05) is 45.9 Å². The lowest BCUT2D eigenvalue weighted by molar-refractivity contribution is -0.127. The summed E-state index contributed by atoms with van der Waals surface area (Å²) in [6.45, 7) is 9.79. The number of nitrogens with one attached hydrogen (secondary N) is 2. The van der Waals surface area contributed by atoms with Gasteiger partial charge in [-0.2, -0.15) is 0 Å². The van der Waals surface area contributed by atoms with Gasteiger partial charge in [0.1, 0.15) is 6.04 Å². The van der Waals surface area contributed by atoms with Crippen LogP contribution in [0.3, 0.4) is 0 Å². The van der Waals surface area contributed by atoms with Crippen molar-refractivity contribution in [2.45, 2.75) is 32.7 Å². The number of carbonyl (C=O) groups is 1. The predicted octanol–water partition coefficient (Wildman–Crippen LogP) is 0.213. The van der Waals surface area contributed by atoms with Crippen LogP contribution in [0, 0.1) is 0 Å². The minimum absolute atomic E-state index is 0.0477. The van der Waals surface area contributed by atoms with Gasteiger partial charge in [-0.25, -0.2) is 0 Å². The van der Waals surface area contributed by atoms with Gasteiger partial charge in [0.25, 0.3) is 0 Å². The van der Waals surface area contributed by atoms with E-state index in [1.165, 1.54) is 0 Å². The molecular weight excluding hydrogens is 230 g/mol. The van der Waals surface area contributed by atoms with E-state index >= 15 is 0 Å². The quantitative estimate of drug-likeness (QED) is 0.611. The first-order chi connectivity index (χ1) is 8.79. The molecule has 2 N–H and O–H groups in total. The standard InChI is InChI=1S/C13H27N3O2/c1-3-5-9-18-10-8-16-7-6-14-11-12(16)13(17)15-4-2/h12,14H,3-11H2,1-2H3,(H,15,17). The van der Waals surface area contributed by atoms with Crippen LogP contribution in [0.4, 0.5) is 0 Å². The smallest absolute Gasteiger partial charge is 0.238 e. The molecule has 5 heteroatoms. The van der Waals surface area contributed by atoms with Gasteiger partial charge in [0.05, 0.1) is 6.61 Å². The van der Waals surface area contributed by atoms with Crippen LogP contribution < -0.4 is 10.6 Å². The van der Waals surface area contributed by atoms with E-state index in [0.717, 1.165) is 52.2 Å². The normalized spacial score (nSPS) is 20.9. The third-order valence-electron chi connectivity index (χ3n) is 3.17. The van der Waals surface area contributed by atoms with Crippen LogP contribution in [0.25, 0.3) is 0 Å². The van der Waals surface area contributed by atoms with Crippen molar-refractivity contribution >= 4 is 5.91 Å². The number of piperazine rings is 1. The number of rotatable bonds is 8. The molecule has 1 aliphatic heterocycles. The second kappa shape index (κ2) is 9.30. The van der Waals surface area contributed by atoms with Gasteiger partial charge in [-0.05, 0) is 13.3 Å². The van der Waals surface area contributed by atoms with Crippen molar-refractivity contribution < 1.29 is 9.53 Å². The Labute approximate surface area is 110 Å². The number of likely N-dealkylation sites (N-methyl/N-ethyl adjacent to an activating group) is 1. The van der Waals surface area contributed by atoms with Crippen LogP contribution in [0.1, 0.15) is 26.7 Å². The van der Waals surface area contributed by atoms with Gasteiger partial charge in [0, 0.05) is 39.3 Å². The van der Waals surface area contributed by atoms with Crippen molar-refractivity contribution in [3.8, 4) is 0 Å². The minimum Gasteiger partial charge on any atom is -0.380 e. The van der Waals surface area contributed by atoms with Gasteiger partial charge in [-0.15, -0.1) is 0 Å². The fourth-order valence-electron chi connectivity index (χ4n) is 2.09. The zero-order valence-corrected chi connectivity index (χ0v) is 11.7. The van der Waals surface area contributed by atoms with Crippen molar-refractivity contribution in [1.29, 1.82) is 0 Å². The number of hydrogen-bond donors (Lipinski definition) is 2. The van der Waals surface area contributed by atoms with E-state index in [1.807, 2.05) is 6.92 Å². The molecule has 0 bridgehead atoms. The molecule has 5 nitrogen and oxygen atoms in total. The summed E-state index contributed by atoms with van der Waals surface area (Å²) in [5.41, 5.74) is 0. The highest BCUT2D eigenvalue weighted by Crippen LogP contribution is 2.03. The first-order valence-electron chi connectivity index (χ1n) is 7.09. The monoisotopic (exact) mass is 257 g/mol. The average Bonchev–Trinajstić information content (AvgIpc) is 2.39. The molecular formula is C13H27N3O2. The maximum absolute atomic E-state index is 11.9. The van der Waals surface area contributed by atoms with Gasteiger partial charge >= 0.3 is 0 Å². The largest absolute Gasteiger partial charge is 0.380 e.